The van der Waals surface area contributed by atoms with Gasteiger partial charge in [-0.3, -0.25) is 0 Å². The van der Waals surface area contributed by atoms with Gasteiger partial charge in [-0.2, -0.15) is 0 Å². The van der Waals surface area contributed by atoms with Gasteiger partial charge in [0.15, 0.2) is 0 Å². The lowest BCUT2D eigenvalue weighted by Crippen LogP contribution is -2.13. The van der Waals surface area contributed by atoms with Gasteiger partial charge >= 0.3 is 5.97 Å². The molecule has 0 aliphatic carbocycles. The van der Waals surface area contributed by atoms with Crippen LogP contribution >= 0.6 is 0 Å². The van der Waals surface area contributed by atoms with Gasteiger partial charge in [0.2, 0.25) is 0 Å². The van der Waals surface area contributed by atoms with Crippen LogP contribution in [0.4, 0.5) is 4.39 Å². The molecule has 0 amide bonds. The van der Waals surface area contributed by atoms with Gasteiger partial charge < -0.3 is 4.74 Å². The molecule has 1 aliphatic heterocycles. The first kappa shape index (κ1) is 11.8. The maximum Gasteiger partial charge on any atom is 0.378 e. The van der Waals surface area contributed by atoms with Gasteiger partial charge in [-0.05, 0) is 37.1 Å². The van der Waals surface area contributed by atoms with Crippen LogP contribution in [0.2, 0.25) is 0 Å². The maximum absolute atomic E-state index is 13.2. The Morgan fingerprint density at radius 1 is 1.47 bits per heavy atom. The molecule has 0 N–H and O–H groups in total. The molecule has 0 bridgehead atoms. The number of hydrogen-bond donors (Lipinski definition) is 0. The number of halogens is 1. The van der Waals surface area contributed by atoms with Crippen LogP contribution in [0.3, 0.4) is 0 Å². The molecule has 19 heavy (non-hydrogen) atoms. The van der Waals surface area contributed by atoms with Crippen molar-refractivity contribution in [2.24, 2.45) is 0 Å². The second kappa shape index (κ2) is 4.46. The molecule has 1 aliphatic rings. The quantitative estimate of drug-likeness (QED) is 0.772. The van der Waals surface area contributed by atoms with Crippen molar-refractivity contribution < 1.29 is 13.9 Å². The minimum absolute atomic E-state index is 0.0500. The minimum Gasteiger partial charge on any atom is -0.460 e. The van der Waals surface area contributed by atoms with Gasteiger partial charge in [-0.1, -0.05) is 0 Å². The molecule has 0 saturated heterocycles. The highest BCUT2D eigenvalue weighted by Gasteiger charge is 2.23. The third kappa shape index (κ3) is 1.99. The number of rotatable bonds is 2. The van der Waals surface area contributed by atoms with Crippen molar-refractivity contribution in [2.45, 2.75) is 19.8 Å². The summed E-state index contributed by atoms with van der Waals surface area (Å²) < 4.78 is 19.6. The van der Waals surface area contributed by atoms with Crippen molar-refractivity contribution in [3.63, 3.8) is 0 Å². The Morgan fingerprint density at radius 3 is 3.11 bits per heavy atom. The Balaban J connectivity index is 2.04. The highest BCUT2D eigenvalue weighted by atomic mass is 19.1. The van der Waals surface area contributed by atoms with E-state index < -0.39 is 5.97 Å². The van der Waals surface area contributed by atoms with Crippen LogP contribution in [0.25, 0.3) is 5.69 Å². The molecule has 0 spiro atoms. The zero-order valence-corrected chi connectivity index (χ0v) is 10.4. The number of carbonyl (C=O) groups is 1. The van der Waals surface area contributed by atoms with Crippen LogP contribution in [0.15, 0.2) is 18.2 Å². The molecule has 0 radical (unpaired) electrons. The van der Waals surface area contributed by atoms with Crippen molar-refractivity contribution in [1.82, 2.24) is 14.8 Å². The van der Waals surface area contributed by atoms with Crippen molar-refractivity contribution in [1.29, 1.82) is 0 Å². The van der Waals surface area contributed by atoms with Crippen molar-refractivity contribution in [3.8, 4) is 5.69 Å². The molecule has 0 saturated carbocycles. The lowest BCUT2D eigenvalue weighted by molar-refractivity contribution is 0.0512. The van der Waals surface area contributed by atoms with Crippen LogP contribution in [0.1, 0.15) is 28.9 Å². The van der Waals surface area contributed by atoms with Gasteiger partial charge in [-0.25, -0.2) is 18.9 Å². The zero-order chi connectivity index (χ0) is 13.4. The summed E-state index contributed by atoms with van der Waals surface area (Å²) in [6.07, 6.45) is 1.32. The van der Waals surface area contributed by atoms with Crippen LogP contribution in [0, 0.1) is 5.82 Å². The predicted molar refractivity (Wildman–Crippen MR) is 64.7 cm³/mol. The van der Waals surface area contributed by atoms with E-state index >= 15 is 0 Å². The van der Waals surface area contributed by atoms with Crippen LogP contribution in [-0.2, 0) is 17.6 Å². The van der Waals surface area contributed by atoms with Crippen LogP contribution in [-0.4, -0.2) is 27.3 Å². The lowest BCUT2D eigenvalue weighted by atomic mass is 10.0. The SMILES string of the molecule is CCOC(=O)c1nc2n(n1)-c1ccc(F)cc1CC2. The second-order valence-corrected chi connectivity index (χ2v) is 4.26. The number of esters is 1. The molecule has 0 unspecified atom stereocenters. The van der Waals surface area contributed by atoms with E-state index in [0.29, 0.717) is 18.7 Å². The van der Waals surface area contributed by atoms with E-state index in [-0.39, 0.29) is 18.2 Å². The summed E-state index contributed by atoms with van der Waals surface area (Å²) in [5, 5.41) is 4.15. The average molecular weight is 261 g/mol. The first-order valence-electron chi connectivity index (χ1n) is 6.11. The average Bonchev–Trinajstić information content (AvgIpc) is 2.82. The normalized spacial score (nSPS) is 12.7. The molecular weight excluding hydrogens is 249 g/mol. The summed E-state index contributed by atoms with van der Waals surface area (Å²) in [6, 6.07) is 4.51. The number of aromatic nitrogens is 3. The topological polar surface area (TPSA) is 57.0 Å². The van der Waals surface area contributed by atoms with Crippen LogP contribution < -0.4 is 0 Å². The molecule has 6 heteroatoms. The molecule has 5 nitrogen and oxygen atoms in total. The monoisotopic (exact) mass is 261 g/mol. The van der Waals surface area contributed by atoms with Gasteiger partial charge in [-0.15, -0.1) is 5.10 Å². The van der Waals surface area contributed by atoms with Gasteiger partial charge in [0.25, 0.3) is 5.82 Å². The lowest BCUT2D eigenvalue weighted by Gasteiger charge is -2.16. The molecule has 3 rings (SSSR count). The first-order valence-corrected chi connectivity index (χ1v) is 6.11. The highest BCUT2D eigenvalue weighted by molar-refractivity contribution is 5.85. The number of hydrogen-bond acceptors (Lipinski definition) is 4. The summed E-state index contributed by atoms with van der Waals surface area (Å²) in [5.74, 6) is -0.0582. The van der Waals surface area contributed by atoms with E-state index in [1.54, 1.807) is 17.7 Å². The minimum atomic E-state index is -0.534. The van der Waals surface area contributed by atoms with Crippen molar-refractivity contribution in [3.05, 3.63) is 41.2 Å². The van der Waals surface area contributed by atoms with Crippen molar-refractivity contribution >= 4 is 5.97 Å². The van der Waals surface area contributed by atoms with E-state index in [9.17, 15) is 9.18 Å². The van der Waals surface area contributed by atoms with Crippen molar-refractivity contribution in [2.75, 3.05) is 6.61 Å². The third-order valence-electron chi connectivity index (χ3n) is 3.02. The fraction of sp³-hybridized carbons (Fsp3) is 0.308. The van der Waals surface area contributed by atoms with E-state index in [4.69, 9.17) is 4.74 Å². The number of carbonyl (C=O) groups excluding carboxylic acids is 1. The van der Waals surface area contributed by atoms with E-state index in [1.807, 2.05) is 0 Å². The summed E-state index contributed by atoms with van der Waals surface area (Å²) >= 11 is 0. The number of ether oxygens (including phenoxy) is 1. The highest BCUT2D eigenvalue weighted by Crippen LogP contribution is 2.24. The van der Waals surface area contributed by atoms with E-state index in [2.05, 4.69) is 10.1 Å². The molecule has 0 atom stereocenters. The second-order valence-electron chi connectivity index (χ2n) is 4.26. The van der Waals surface area contributed by atoms with Gasteiger partial charge in [0.05, 0.1) is 12.3 Å². The smallest absolute Gasteiger partial charge is 0.378 e. The zero-order valence-electron chi connectivity index (χ0n) is 10.4. The van der Waals surface area contributed by atoms with E-state index in [0.717, 1.165) is 11.3 Å². The molecular formula is C13H12FN3O2. The number of aryl methyl sites for hydroxylation is 2. The summed E-state index contributed by atoms with van der Waals surface area (Å²) in [5.41, 5.74) is 1.64. The Morgan fingerprint density at radius 2 is 2.32 bits per heavy atom. The fourth-order valence-corrected chi connectivity index (χ4v) is 2.19. The van der Waals surface area contributed by atoms with Gasteiger partial charge in [0.1, 0.15) is 11.6 Å². The molecule has 2 aromatic rings. The Bertz CT molecular complexity index is 651. The largest absolute Gasteiger partial charge is 0.460 e. The fourth-order valence-electron chi connectivity index (χ4n) is 2.19. The van der Waals surface area contributed by atoms with Crippen LogP contribution in [0.5, 0.6) is 0 Å². The summed E-state index contributed by atoms with van der Waals surface area (Å²) in [4.78, 5) is 15.8. The third-order valence-corrected chi connectivity index (χ3v) is 3.02. The van der Waals surface area contributed by atoms with E-state index in [1.165, 1.54) is 12.1 Å². The molecule has 98 valence electrons. The molecule has 1 aromatic heterocycles. The summed E-state index contributed by atoms with van der Waals surface area (Å²) in [6.45, 7) is 2.01. The first-order chi connectivity index (χ1) is 9.19. The number of nitrogens with zero attached hydrogens (tertiary/aromatic N) is 3. The molecule has 2 heterocycles. The van der Waals surface area contributed by atoms with Gasteiger partial charge in [0, 0.05) is 6.42 Å². The number of benzene rings is 1. The maximum atomic E-state index is 13.2. The summed E-state index contributed by atoms with van der Waals surface area (Å²) in [7, 11) is 0. The Hall–Kier alpha value is -2.24. The number of fused-ring (bicyclic) bond motifs is 3. The molecule has 0 fully saturated rings. The molecule has 1 aromatic carbocycles. The Labute approximate surface area is 109 Å². The predicted octanol–water partition coefficient (Wildman–Crippen LogP) is 1.68. The standard InChI is InChI=1S/C13H12FN3O2/c1-2-19-13(18)12-15-11-6-3-8-7-9(14)4-5-10(8)17(11)16-12/h4-5,7H,2-3,6H2,1H3. The Kier molecular flexibility index (Phi) is 2.77.